The van der Waals surface area contributed by atoms with E-state index in [0.29, 0.717) is 5.82 Å². The van der Waals surface area contributed by atoms with E-state index < -0.39 is 11.6 Å². The number of hydrogen-bond acceptors (Lipinski definition) is 4. The Bertz CT molecular complexity index is 513. The molecule has 108 valence electrons. The number of piperazine rings is 1. The summed E-state index contributed by atoms with van der Waals surface area (Å²) in [4.78, 5) is 34.7. The molecule has 1 aromatic rings. The second-order valence-corrected chi connectivity index (χ2v) is 5.90. The molecule has 1 aromatic heterocycles. The van der Waals surface area contributed by atoms with Gasteiger partial charge in [-0.15, -0.1) is 0 Å². The van der Waals surface area contributed by atoms with E-state index in [-0.39, 0.29) is 24.3 Å². The Labute approximate surface area is 118 Å². The van der Waals surface area contributed by atoms with Gasteiger partial charge >= 0.3 is 0 Å². The molecule has 1 fully saturated rings. The molecule has 0 spiro atoms. The molecule has 1 unspecified atom stereocenters. The van der Waals surface area contributed by atoms with E-state index in [0.717, 1.165) is 0 Å². The van der Waals surface area contributed by atoms with Gasteiger partial charge in [0, 0.05) is 12.4 Å². The molecule has 2 amide bonds. The average molecular weight is 276 g/mol. The fourth-order valence-corrected chi connectivity index (χ4v) is 2.46. The Morgan fingerprint density at radius 3 is 2.45 bits per heavy atom. The SMILES string of the molecule is CC(C)C1C(=O)NC(C)(C)C(=O)N1Cc1ncccn1. The van der Waals surface area contributed by atoms with Crippen molar-refractivity contribution in [1.29, 1.82) is 0 Å². The standard InChI is InChI=1S/C14H20N4O2/c1-9(2)11-12(19)17-14(3,4)13(20)18(11)8-10-15-6-5-7-16-10/h5-7,9,11H,8H2,1-4H3,(H,17,19). The molecule has 6 nitrogen and oxygen atoms in total. The van der Waals surface area contributed by atoms with Crippen molar-refractivity contribution in [3.63, 3.8) is 0 Å². The maximum Gasteiger partial charge on any atom is 0.248 e. The minimum absolute atomic E-state index is 0.0266. The van der Waals surface area contributed by atoms with E-state index in [2.05, 4.69) is 15.3 Å². The Morgan fingerprint density at radius 1 is 1.30 bits per heavy atom. The van der Waals surface area contributed by atoms with E-state index in [4.69, 9.17) is 0 Å². The lowest BCUT2D eigenvalue weighted by Crippen LogP contribution is -2.68. The van der Waals surface area contributed by atoms with Gasteiger partial charge in [0.1, 0.15) is 17.4 Å². The van der Waals surface area contributed by atoms with Gasteiger partial charge in [0.05, 0.1) is 6.54 Å². The second-order valence-electron chi connectivity index (χ2n) is 5.90. The lowest BCUT2D eigenvalue weighted by Gasteiger charge is -2.44. The highest BCUT2D eigenvalue weighted by molar-refractivity contribution is 5.99. The van der Waals surface area contributed by atoms with Gasteiger partial charge in [-0.05, 0) is 25.8 Å². The maximum atomic E-state index is 12.6. The lowest BCUT2D eigenvalue weighted by molar-refractivity contribution is -0.156. The van der Waals surface area contributed by atoms with Crippen LogP contribution in [-0.2, 0) is 16.1 Å². The Hall–Kier alpha value is -1.98. The smallest absolute Gasteiger partial charge is 0.248 e. The average Bonchev–Trinajstić information content (AvgIpc) is 2.36. The number of nitrogens with zero attached hydrogens (tertiary/aromatic N) is 3. The molecular formula is C14H20N4O2. The van der Waals surface area contributed by atoms with Crippen molar-refractivity contribution in [2.24, 2.45) is 5.92 Å². The highest BCUT2D eigenvalue weighted by atomic mass is 16.2. The molecule has 0 aliphatic carbocycles. The molecule has 0 aromatic carbocycles. The lowest BCUT2D eigenvalue weighted by atomic mass is 9.91. The van der Waals surface area contributed by atoms with Crippen LogP contribution in [0.25, 0.3) is 0 Å². The first-order chi connectivity index (χ1) is 9.33. The van der Waals surface area contributed by atoms with Gasteiger partial charge < -0.3 is 10.2 Å². The summed E-state index contributed by atoms with van der Waals surface area (Å²) in [5.74, 6) is 0.333. The van der Waals surface area contributed by atoms with Gasteiger partial charge in [0.2, 0.25) is 11.8 Å². The largest absolute Gasteiger partial charge is 0.340 e. The summed E-state index contributed by atoms with van der Waals surface area (Å²) < 4.78 is 0. The zero-order chi connectivity index (χ0) is 14.9. The van der Waals surface area contributed by atoms with Crippen LogP contribution in [0.4, 0.5) is 0 Å². The van der Waals surface area contributed by atoms with Crippen molar-refractivity contribution < 1.29 is 9.59 Å². The van der Waals surface area contributed by atoms with Crippen molar-refractivity contribution >= 4 is 11.8 Å². The Morgan fingerprint density at radius 2 is 1.90 bits per heavy atom. The minimum atomic E-state index is -0.892. The molecule has 1 aliphatic rings. The predicted molar refractivity (Wildman–Crippen MR) is 73.4 cm³/mol. The molecule has 20 heavy (non-hydrogen) atoms. The number of hydrogen-bond donors (Lipinski definition) is 1. The van der Waals surface area contributed by atoms with Crippen molar-refractivity contribution in [2.45, 2.75) is 45.8 Å². The van der Waals surface area contributed by atoms with E-state index in [1.165, 1.54) is 0 Å². The van der Waals surface area contributed by atoms with E-state index in [1.807, 2.05) is 13.8 Å². The third kappa shape index (κ3) is 2.64. The molecule has 1 aliphatic heterocycles. The van der Waals surface area contributed by atoms with Crippen LogP contribution < -0.4 is 5.32 Å². The molecule has 0 radical (unpaired) electrons. The highest BCUT2D eigenvalue weighted by Crippen LogP contribution is 2.23. The Kier molecular flexibility index (Phi) is 3.74. The molecule has 0 bridgehead atoms. The van der Waals surface area contributed by atoms with Crippen LogP contribution >= 0.6 is 0 Å². The Balaban J connectivity index is 2.33. The van der Waals surface area contributed by atoms with Gasteiger partial charge in [0.25, 0.3) is 0 Å². The number of amides is 2. The minimum Gasteiger partial charge on any atom is -0.340 e. The molecule has 0 saturated carbocycles. The molecule has 2 heterocycles. The van der Waals surface area contributed by atoms with Crippen molar-refractivity contribution in [3.05, 3.63) is 24.3 Å². The third-order valence-electron chi connectivity index (χ3n) is 3.40. The number of aromatic nitrogens is 2. The van der Waals surface area contributed by atoms with Crippen LogP contribution in [-0.4, -0.2) is 38.3 Å². The fraction of sp³-hybridized carbons (Fsp3) is 0.571. The van der Waals surface area contributed by atoms with Crippen molar-refractivity contribution in [2.75, 3.05) is 0 Å². The van der Waals surface area contributed by atoms with Gasteiger partial charge in [-0.25, -0.2) is 9.97 Å². The van der Waals surface area contributed by atoms with Gasteiger partial charge in [-0.3, -0.25) is 9.59 Å². The topological polar surface area (TPSA) is 75.2 Å². The van der Waals surface area contributed by atoms with Crippen LogP contribution in [0.2, 0.25) is 0 Å². The van der Waals surface area contributed by atoms with Crippen LogP contribution in [0.1, 0.15) is 33.5 Å². The summed E-state index contributed by atoms with van der Waals surface area (Å²) in [6.07, 6.45) is 3.26. The first kappa shape index (κ1) is 14.4. The van der Waals surface area contributed by atoms with Crippen molar-refractivity contribution in [1.82, 2.24) is 20.2 Å². The quantitative estimate of drug-likeness (QED) is 0.883. The first-order valence-electron chi connectivity index (χ1n) is 6.72. The zero-order valence-corrected chi connectivity index (χ0v) is 12.3. The summed E-state index contributed by atoms with van der Waals surface area (Å²) >= 11 is 0. The number of rotatable bonds is 3. The maximum absolute atomic E-state index is 12.6. The zero-order valence-electron chi connectivity index (χ0n) is 12.3. The number of carbonyl (C=O) groups excluding carboxylic acids is 2. The second kappa shape index (κ2) is 5.19. The monoisotopic (exact) mass is 276 g/mol. The first-order valence-corrected chi connectivity index (χ1v) is 6.72. The van der Waals surface area contributed by atoms with Crippen LogP contribution in [0, 0.1) is 5.92 Å². The van der Waals surface area contributed by atoms with E-state index >= 15 is 0 Å². The highest BCUT2D eigenvalue weighted by Gasteiger charge is 2.46. The molecule has 6 heteroatoms. The predicted octanol–water partition coefficient (Wildman–Crippen LogP) is 0.738. The van der Waals surface area contributed by atoms with Crippen LogP contribution in [0.15, 0.2) is 18.5 Å². The normalized spacial score (nSPS) is 22.1. The van der Waals surface area contributed by atoms with Crippen LogP contribution in [0.3, 0.4) is 0 Å². The fourth-order valence-electron chi connectivity index (χ4n) is 2.46. The molecule has 1 saturated heterocycles. The molecule has 1 N–H and O–H groups in total. The van der Waals surface area contributed by atoms with E-state index in [1.54, 1.807) is 37.2 Å². The van der Waals surface area contributed by atoms with E-state index in [9.17, 15) is 9.59 Å². The number of carbonyl (C=O) groups is 2. The summed E-state index contributed by atoms with van der Waals surface area (Å²) in [6.45, 7) is 7.52. The number of nitrogens with one attached hydrogen (secondary N) is 1. The molecule has 1 atom stereocenters. The van der Waals surface area contributed by atoms with Crippen molar-refractivity contribution in [3.8, 4) is 0 Å². The van der Waals surface area contributed by atoms with Crippen LogP contribution in [0.5, 0.6) is 0 Å². The van der Waals surface area contributed by atoms with Gasteiger partial charge in [-0.2, -0.15) is 0 Å². The third-order valence-corrected chi connectivity index (χ3v) is 3.40. The summed E-state index contributed by atoms with van der Waals surface area (Å²) in [7, 11) is 0. The van der Waals surface area contributed by atoms with Gasteiger partial charge in [0.15, 0.2) is 0 Å². The van der Waals surface area contributed by atoms with Gasteiger partial charge in [-0.1, -0.05) is 13.8 Å². The molecular weight excluding hydrogens is 256 g/mol. The summed E-state index contributed by atoms with van der Waals surface area (Å²) in [5, 5.41) is 2.78. The molecule has 2 rings (SSSR count). The summed E-state index contributed by atoms with van der Waals surface area (Å²) in [6, 6.07) is 1.23. The summed E-state index contributed by atoms with van der Waals surface area (Å²) in [5.41, 5.74) is -0.892.